The number of ether oxygens (including phenoxy) is 4. The molecule has 2 atom stereocenters. The van der Waals surface area contributed by atoms with Crippen LogP contribution in [0, 0.1) is 0 Å². The Hall–Kier alpha value is -4.31. The summed E-state index contributed by atoms with van der Waals surface area (Å²) in [4.78, 5) is 37.6. The standard InChI is InChI=1S/C82H141NO8/c1-6-8-10-12-14-16-18-20-22-24-26-28-30-32-34-36-37-38-39-40-41-42-43-45-46-48-50-52-54-56-58-60-62-64-66-68-70-72-79(84)89-76-78(77-90-82(81(86)87)88-75-74-83(3,4)5)91-80(85)73-71-69-67-65-63-61-59-57-55-53-51-49-47-44-35-33-31-29-27-25-23-21-19-17-15-13-11-9-7-2/h9,11,15,17,21,23-24,26-27,29,33,35,47,49,53,55,59,61,65,67,78,82H,6-8,10,12-14,16,18-20,22,25,28,30-32,34,36-46,48,50-52,54,56-58,60,62-64,66,68-77H2,1-5H3/p+1/b11-9-,17-15-,23-21-,26-24-,29-27-,35-33-,49-47-,55-53-,61-59-,67-65-. The molecular weight excluding hydrogens is 1130 g/mol. The van der Waals surface area contributed by atoms with Crippen molar-refractivity contribution in [2.45, 2.75) is 334 Å². The molecule has 0 aliphatic rings. The van der Waals surface area contributed by atoms with Crippen molar-refractivity contribution in [3.63, 3.8) is 0 Å². The van der Waals surface area contributed by atoms with E-state index in [2.05, 4.69) is 135 Å². The maximum Gasteiger partial charge on any atom is 0.361 e. The fourth-order valence-electron chi connectivity index (χ4n) is 10.5. The van der Waals surface area contributed by atoms with Crippen molar-refractivity contribution in [1.82, 2.24) is 0 Å². The molecule has 1 N–H and O–H groups in total. The quantitative estimate of drug-likeness (QED) is 0.0211. The molecule has 0 aliphatic carbocycles. The highest BCUT2D eigenvalue weighted by Crippen LogP contribution is 2.18. The number of rotatable bonds is 69. The summed E-state index contributed by atoms with van der Waals surface area (Å²) < 4.78 is 22.9. The second kappa shape index (κ2) is 71.5. The molecule has 0 rings (SSSR count). The van der Waals surface area contributed by atoms with E-state index < -0.39 is 24.3 Å². The molecule has 522 valence electrons. The predicted octanol–water partition coefficient (Wildman–Crippen LogP) is 23.9. The lowest BCUT2D eigenvalue weighted by atomic mass is 10.0. The van der Waals surface area contributed by atoms with Gasteiger partial charge in [0.2, 0.25) is 0 Å². The minimum atomic E-state index is -1.53. The van der Waals surface area contributed by atoms with E-state index in [0.717, 1.165) is 77.0 Å². The maximum atomic E-state index is 12.9. The van der Waals surface area contributed by atoms with E-state index in [9.17, 15) is 19.5 Å². The van der Waals surface area contributed by atoms with Crippen molar-refractivity contribution in [1.29, 1.82) is 0 Å². The van der Waals surface area contributed by atoms with Gasteiger partial charge in [0.05, 0.1) is 34.4 Å². The number of carboxylic acid groups (broad SMARTS) is 1. The van der Waals surface area contributed by atoms with Crippen molar-refractivity contribution in [2.75, 3.05) is 47.5 Å². The van der Waals surface area contributed by atoms with Crippen LogP contribution in [0.2, 0.25) is 0 Å². The number of aliphatic carboxylic acids is 1. The third-order valence-corrected chi connectivity index (χ3v) is 16.2. The van der Waals surface area contributed by atoms with Crippen LogP contribution >= 0.6 is 0 Å². The number of esters is 2. The molecule has 0 aliphatic heterocycles. The SMILES string of the molecule is CC/C=C\C/C=C\C/C=C\C/C=C\C/C=C\C/C=C\C/C=C\C/C=C\C/C=C\CCCC(=O)OC(COC(=O)CCCCCCCCCCCCCCCCCCCCCCCCCCC/C=C\CCCCCCCCCC)COC(OCC[N+](C)(C)C)C(=O)O. The largest absolute Gasteiger partial charge is 0.477 e. The molecule has 0 aromatic rings. The molecule has 0 aromatic carbocycles. The van der Waals surface area contributed by atoms with Crippen LogP contribution in [0.4, 0.5) is 0 Å². The first-order chi connectivity index (χ1) is 44.6. The lowest BCUT2D eigenvalue weighted by Gasteiger charge is -2.25. The molecule has 0 saturated carbocycles. The fraction of sp³-hybridized carbons (Fsp3) is 0.720. The van der Waals surface area contributed by atoms with Crippen LogP contribution in [0.25, 0.3) is 0 Å². The van der Waals surface area contributed by atoms with E-state index in [4.69, 9.17) is 18.9 Å². The van der Waals surface area contributed by atoms with Crippen LogP contribution in [-0.2, 0) is 33.3 Å². The number of carbonyl (C=O) groups excluding carboxylic acids is 2. The number of allylic oxidation sites excluding steroid dienone is 20. The fourth-order valence-corrected chi connectivity index (χ4v) is 10.5. The maximum absolute atomic E-state index is 12.9. The molecular formula is C82H142NO8+. The number of nitrogens with zero attached hydrogens (tertiary/aromatic N) is 1. The van der Waals surface area contributed by atoms with Crippen LogP contribution in [0.1, 0.15) is 322 Å². The predicted molar refractivity (Wildman–Crippen MR) is 391 cm³/mol. The Morgan fingerprint density at radius 3 is 0.978 bits per heavy atom. The number of hydrogen-bond donors (Lipinski definition) is 1. The van der Waals surface area contributed by atoms with Gasteiger partial charge in [-0.05, 0) is 103 Å². The van der Waals surface area contributed by atoms with Crippen LogP contribution in [0.5, 0.6) is 0 Å². The van der Waals surface area contributed by atoms with Gasteiger partial charge in [-0.2, -0.15) is 0 Å². The van der Waals surface area contributed by atoms with Crippen molar-refractivity contribution in [3.8, 4) is 0 Å². The summed E-state index contributed by atoms with van der Waals surface area (Å²) in [6.45, 7) is 4.72. The smallest absolute Gasteiger partial charge is 0.361 e. The van der Waals surface area contributed by atoms with Gasteiger partial charge in [0.1, 0.15) is 13.2 Å². The average molecular weight is 1270 g/mol. The molecule has 9 nitrogen and oxygen atoms in total. The molecule has 0 bridgehead atoms. The third kappa shape index (κ3) is 73.0. The van der Waals surface area contributed by atoms with Gasteiger partial charge in [0, 0.05) is 12.8 Å². The van der Waals surface area contributed by atoms with Crippen molar-refractivity contribution < 1.29 is 42.9 Å². The van der Waals surface area contributed by atoms with Crippen LogP contribution in [0.3, 0.4) is 0 Å². The summed E-state index contributed by atoms with van der Waals surface area (Å²) in [5.74, 6) is -2.08. The third-order valence-electron chi connectivity index (χ3n) is 16.2. The number of likely N-dealkylation sites (N-methyl/N-ethyl adjacent to an activating group) is 1. The zero-order chi connectivity index (χ0) is 66.1. The van der Waals surface area contributed by atoms with Crippen LogP contribution in [-0.4, -0.2) is 87.4 Å². The van der Waals surface area contributed by atoms with Gasteiger partial charge >= 0.3 is 17.9 Å². The zero-order valence-electron chi connectivity index (χ0n) is 59.7. The highest BCUT2D eigenvalue weighted by atomic mass is 16.7. The van der Waals surface area contributed by atoms with Gasteiger partial charge in [0.25, 0.3) is 6.29 Å². The van der Waals surface area contributed by atoms with Gasteiger partial charge in [-0.1, -0.05) is 328 Å². The number of unbranched alkanes of at least 4 members (excludes halogenated alkanes) is 34. The second-order valence-electron chi connectivity index (χ2n) is 26.2. The molecule has 2 unspecified atom stereocenters. The van der Waals surface area contributed by atoms with Crippen LogP contribution in [0.15, 0.2) is 122 Å². The summed E-state index contributed by atoms with van der Waals surface area (Å²) in [5, 5.41) is 9.75. The summed E-state index contributed by atoms with van der Waals surface area (Å²) in [7, 11) is 5.96. The number of carbonyl (C=O) groups is 3. The molecule has 91 heavy (non-hydrogen) atoms. The van der Waals surface area contributed by atoms with E-state index in [-0.39, 0.29) is 38.6 Å². The van der Waals surface area contributed by atoms with Gasteiger partial charge in [-0.15, -0.1) is 0 Å². The molecule has 0 aromatic heterocycles. The molecule has 9 heteroatoms. The minimum absolute atomic E-state index is 0.172. The molecule has 0 radical (unpaired) electrons. The Bertz CT molecular complexity index is 1910. The first-order valence-corrected chi connectivity index (χ1v) is 37.7. The van der Waals surface area contributed by atoms with E-state index >= 15 is 0 Å². The highest BCUT2D eigenvalue weighted by molar-refractivity contribution is 5.71. The first-order valence-electron chi connectivity index (χ1n) is 37.7. The Morgan fingerprint density at radius 1 is 0.341 bits per heavy atom. The molecule has 0 amide bonds. The summed E-state index contributed by atoms with van der Waals surface area (Å²) >= 11 is 0. The summed E-state index contributed by atoms with van der Waals surface area (Å²) in [5.41, 5.74) is 0. The number of hydrogen-bond acceptors (Lipinski definition) is 7. The van der Waals surface area contributed by atoms with Gasteiger partial charge in [-0.25, -0.2) is 4.79 Å². The zero-order valence-corrected chi connectivity index (χ0v) is 59.7. The average Bonchev–Trinajstić information content (AvgIpc) is 3.66. The Morgan fingerprint density at radius 2 is 0.637 bits per heavy atom. The van der Waals surface area contributed by atoms with Gasteiger partial charge < -0.3 is 28.5 Å². The molecule has 0 fully saturated rings. The topological polar surface area (TPSA) is 108 Å². The first kappa shape index (κ1) is 86.7. The Kier molecular flexibility index (Phi) is 68.1. The monoisotopic (exact) mass is 1270 g/mol. The van der Waals surface area contributed by atoms with Gasteiger partial charge in [0.15, 0.2) is 6.10 Å². The van der Waals surface area contributed by atoms with Crippen molar-refractivity contribution in [2.24, 2.45) is 0 Å². The Labute approximate surface area is 561 Å². The van der Waals surface area contributed by atoms with Gasteiger partial charge in [-0.3, -0.25) is 9.59 Å². The number of quaternary nitrogens is 1. The molecule has 0 saturated heterocycles. The van der Waals surface area contributed by atoms with E-state index in [1.807, 2.05) is 21.1 Å². The van der Waals surface area contributed by atoms with Crippen LogP contribution < -0.4 is 0 Å². The lowest BCUT2D eigenvalue weighted by Crippen LogP contribution is -2.40. The normalized spacial score (nSPS) is 13.4. The Balaban J connectivity index is 4.12. The summed E-state index contributed by atoms with van der Waals surface area (Å²) in [6.07, 6.45) is 99.3. The number of carboxylic acids is 1. The lowest BCUT2D eigenvalue weighted by molar-refractivity contribution is -0.870. The van der Waals surface area contributed by atoms with Crippen molar-refractivity contribution in [3.05, 3.63) is 122 Å². The second-order valence-corrected chi connectivity index (χ2v) is 26.2. The minimum Gasteiger partial charge on any atom is -0.477 e. The van der Waals surface area contributed by atoms with E-state index in [1.165, 1.54) is 205 Å². The van der Waals surface area contributed by atoms with Crippen molar-refractivity contribution >= 4 is 17.9 Å². The molecule has 0 heterocycles. The summed E-state index contributed by atoms with van der Waals surface area (Å²) in [6, 6.07) is 0. The van der Waals surface area contributed by atoms with E-state index in [1.54, 1.807) is 0 Å². The van der Waals surface area contributed by atoms with E-state index in [0.29, 0.717) is 23.9 Å². The molecule has 0 spiro atoms. The highest BCUT2D eigenvalue weighted by Gasteiger charge is 2.25.